The minimum absolute atomic E-state index is 0.0680. The molecule has 12 heteroatoms. The fraction of sp³-hybridized carbons (Fsp3) is 0.667. The van der Waals surface area contributed by atoms with Crippen molar-refractivity contribution in [2.75, 3.05) is 19.6 Å². The lowest BCUT2D eigenvalue weighted by Crippen LogP contribution is -2.33. The van der Waals surface area contributed by atoms with Crippen LogP contribution in [0.15, 0.2) is 12.7 Å². The van der Waals surface area contributed by atoms with Crippen molar-refractivity contribution >= 4 is 18.8 Å². The van der Waals surface area contributed by atoms with Gasteiger partial charge in [-0.2, -0.15) is 4.98 Å². The van der Waals surface area contributed by atoms with E-state index < -0.39 is 38.3 Å². The van der Waals surface area contributed by atoms with Crippen LogP contribution in [0, 0.1) is 0 Å². The van der Waals surface area contributed by atoms with Gasteiger partial charge in [-0.1, -0.05) is 0 Å². The first-order valence-corrected chi connectivity index (χ1v) is 10.4. The summed E-state index contributed by atoms with van der Waals surface area (Å²) < 4.78 is 28.9. The lowest BCUT2D eigenvalue weighted by molar-refractivity contribution is -0.0483. The zero-order valence-electron chi connectivity index (χ0n) is 15.0. The Balaban J connectivity index is 1.79. The van der Waals surface area contributed by atoms with E-state index in [4.69, 9.17) is 14.0 Å². The number of rotatable bonds is 8. The van der Waals surface area contributed by atoms with Crippen molar-refractivity contribution in [3.05, 3.63) is 12.7 Å². The second-order valence-electron chi connectivity index (χ2n) is 6.11. The van der Waals surface area contributed by atoms with Gasteiger partial charge in [0.05, 0.1) is 31.7 Å². The van der Waals surface area contributed by atoms with Gasteiger partial charge in [-0.25, -0.2) is 9.97 Å². The van der Waals surface area contributed by atoms with Crippen molar-refractivity contribution in [3.8, 4) is 5.88 Å². The van der Waals surface area contributed by atoms with E-state index in [-0.39, 0.29) is 13.0 Å². The highest BCUT2D eigenvalue weighted by molar-refractivity contribution is 7.52. The molecule has 0 spiro atoms. The monoisotopic (exact) mass is 402 g/mol. The van der Waals surface area contributed by atoms with Crippen LogP contribution in [0.4, 0.5) is 0 Å². The fourth-order valence-electron chi connectivity index (χ4n) is 3.15. The van der Waals surface area contributed by atoms with Crippen molar-refractivity contribution in [2.45, 2.75) is 44.6 Å². The second kappa shape index (κ2) is 8.17. The van der Waals surface area contributed by atoms with Crippen molar-refractivity contribution in [1.82, 2.24) is 19.5 Å². The van der Waals surface area contributed by atoms with Crippen molar-refractivity contribution in [1.29, 1.82) is 0 Å². The van der Waals surface area contributed by atoms with Crippen LogP contribution in [0.1, 0.15) is 26.3 Å². The standard InChI is InChI=1S/C15H23N4O7P/c1-3-24-15-11-14(16-6-17-15)19(7-18-11)9-5-10(13(21)12(9)20)25-8-27(22,23)26-4-2/h6-7,9-10,12-13,20-21H,3-5,8H2,1-2H3,(H,22,23)/t9-,10+,12+,13-/m1/s1. The molecule has 1 aliphatic carbocycles. The van der Waals surface area contributed by atoms with Gasteiger partial charge in [-0.05, 0) is 20.3 Å². The average molecular weight is 402 g/mol. The number of hydrogen-bond acceptors (Lipinski definition) is 9. The Hall–Kier alpha value is -1.62. The van der Waals surface area contributed by atoms with Crippen LogP contribution in [-0.4, -0.2) is 72.5 Å². The number of aromatic nitrogens is 4. The maximum Gasteiger partial charge on any atom is 0.353 e. The maximum atomic E-state index is 11.8. The van der Waals surface area contributed by atoms with Gasteiger partial charge in [0, 0.05) is 0 Å². The minimum Gasteiger partial charge on any atom is -0.476 e. The molecule has 1 unspecified atom stereocenters. The number of aliphatic hydroxyl groups is 2. The number of hydrogen-bond donors (Lipinski definition) is 3. The molecule has 3 rings (SSSR count). The summed E-state index contributed by atoms with van der Waals surface area (Å²) in [4.78, 5) is 22.1. The summed E-state index contributed by atoms with van der Waals surface area (Å²) in [6, 6.07) is -0.579. The highest BCUT2D eigenvalue weighted by atomic mass is 31.2. The SMILES string of the molecule is CCOc1ncnc2c1ncn2[C@@H]1C[C@H](OCP(=O)(O)OCC)[C@@H](O)[C@H]1O. The van der Waals surface area contributed by atoms with E-state index in [1.165, 1.54) is 12.7 Å². The molecular weight excluding hydrogens is 379 g/mol. The molecule has 150 valence electrons. The first-order chi connectivity index (χ1) is 12.9. The van der Waals surface area contributed by atoms with E-state index in [0.717, 1.165) is 0 Å². The first kappa shape index (κ1) is 20.1. The Bertz CT molecular complexity index is 832. The van der Waals surface area contributed by atoms with Crippen molar-refractivity contribution < 1.29 is 33.7 Å². The summed E-state index contributed by atoms with van der Waals surface area (Å²) in [6.07, 6.45) is -0.775. The molecule has 3 N–H and O–H groups in total. The van der Waals surface area contributed by atoms with Crippen molar-refractivity contribution in [2.24, 2.45) is 0 Å². The highest BCUT2D eigenvalue weighted by Crippen LogP contribution is 2.43. The van der Waals surface area contributed by atoms with E-state index in [1.807, 2.05) is 6.92 Å². The van der Waals surface area contributed by atoms with Gasteiger partial charge in [0.2, 0.25) is 5.88 Å². The van der Waals surface area contributed by atoms with E-state index in [1.54, 1.807) is 11.5 Å². The molecule has 0 aromatic carbocycles. The van der Waals surface area contributed by atoms with E-state index in [0.29, 0.717) is 23.7 Å². The molecular formula is C15H23N4O7P. The molecule has 2 heterocycles. The van der Waals surface area contributed by atoms with Gasteiger partial charge in [-0.3, -0.25) is 4.57 Å². The summed E-state index contributed by atoms with van der Waals surface area (Å²) >= 11 is 0. The molecule has 5 atom stereocenters. The Morgan fingerprint density at radius 3 is 2.70 bits per heavy atom. The van der Waals surface area contributed by atoms with Crippen LogP contribution in [0.3, 0.4) is 0 Å². The topological polar surface area (TPSA) is 149 Å². The molecule has 0 bridgehead atoms. The highest BCUT2D eigenvalue weighted by Gasteiger charge is 2.44. The van der Waals surface area contributed by atoms with Crippen LogP contribution in [-0.2, 0) is 13.8 Å². The summed E-state index contributed by atoms with van der Waals surface area (Å²) in [5, 5.41) is 20.7. The zero-order valence-corrected chi connectivity index (χ0v) is 15.9. The van der Waals surface area contributed by atoms with Crippen LogP contribution >= 0.6 is 7.60 Å². The minimum atomic E-state index is -3.90. The number of ether oxygens (including phenoxy) is 2. The number of fused-ring (bicyclic) bond motifs is 1. The van der Waals surface area contributed by atoms with Crippen LogP contribution in [0.2, 0.25) is 0 Å². The summed E-state index contributed by atoms with van der Waals surface area (Å²) in [5.41, 5.74) is 0.897. The molecule has 0 aliphatic heterocycles. The third kappa shape index (κ3) is 4.13. The van der Waals surface area contributed by atoms with Gasteiger partial charge in [0.25, 0.3) is 0 Å². The van der Waals surface area contributed by atoms with Crippen LogP contribution in [0.5, 0.6) is 5.88 Å². The summed E-state index contributed by atoms with van der Waals surface area (Å²) in [5.74, 6) is 0.333. The normalized spacial score (nSPS) is 27.7. The fourth-order valence-corrected chi connectivity index (χ4v) is 4.01. The third-order valence-corrected chi connectivity index (χ3v) is 5.48. The van der Waals surface area contributed by atoms with Gasteiger partial charge in [-0.15, -0.1) is 0 Å². The molecule has 1 aliphatic rings. The molecule has 0 radical (unpaired) electrons. The van der Waals surface area contributed by atoms with E-state index in [9.17, 15) is 19.7 Å². The number of aliphatic hydroxyl groups excluding tert-OH is 2. The second-order valence-corrected chi connectivity index (χ2v) is 7.90. The van der Waals surface area contributed by atoms with E-state index in [2.05, 4.69) is 15.0 Å². The van der Waals surface area contributed by atoms with Crippen molar-refractivity contribution in [3.63, 3.8) is 0 Å². The third-order valence-electron chi connectivity index (χ3n) is 4.34. The van der Waals surface area contributed by atoms with Gasteiger partial charge < -0.3 is 33.7 Å². The lowest BCUT2D eigenvalue weighted by Gasteiger charge is -2.19. The lowest BCUT2D eigenvalue weighted by atomic mass is 10.2. The Morgan fingerprint density at radius 2 is 2.00 bits per heavy atom. The van der Waals surface area contributed by atoms with Gasteiger partial charge >= 0.3 is 7.60 Å². The zero-order chi connectivity index (χ0) is 19.6. The largest absolute Gasteiger partial charge is 0.476 e. The maximum absolute atomic E-state index is 11.8. The van der Waals surface area contributed by atoms with Crippen LogP contribution < -0.4 is 4.74 Å². The molecule has 27 heavy (non-hydrogen) atoms. The Morgan fingerprint density at radius 1 is 1.22 bits per heavy atom. The Kier molecular flexibility index (Phi) is 6.09. The molecule has 0 saturated heterocycles. The predicted octanol–water partition coefficient (Wildman–Crippen LogP) is 0.456. The first-order valence-electron chi connectivity index (χ1n) is 8.62. The van der Waals surface area contributed by atoms with Gasteiger partial charge in [0.1, 0.15) is 24.9 Å². The van der Waals surface area contributed by atoms with Gasteiger partial charge in [0.15, 0.2) is 11.2 Å². The molecule has 0 amide bonds. The molecule has 1 fully saturated rings. The number of nitrogens with zero attached hydrogens (tertiary/aromatic N) is 4. The smallest absolute Gasteiger partial charge is 0.353 e. The molecule has 11 nitrogen and oxygen atoms in total. The molecule has 2 aromatic rings. The summed E-state index contributed by atoms with van der Waals surface area (Å²) in [6.45, 7) is 3.90. The number of imidazole rings is 1. The quantitative estimate of drug-likeness (QED) is 0.531. The summed E-state index contributed by atoms with van der Waals surface area (Å²) in [7, 11) is -3.90. The Labute approximate surface area is 155 Å². The van der Waals surface area contributed by atoms with E-state index >= 15 is 0 Å². The molecule has 1 saturated carbocycles. The average Bonchev–Trinajstić information content (AvgIpc) is 3.17. The van der Waals surface area contributed by atoms with Crippen LogP contribution in [0.25, 0.3) is 11.2 Å². The predicted molar refractivity (Wildman–Crippen MR) is 93.4 cm³/mol. The molecule has 2 aromatic heterocycles.